The molecule has 1 aromatic carbocycles. The van der Waals surface area contributed by atoms with E-state index >= 15 is 0 Å². The van der Waals surface area contributed by atoms with Crippen LogP contribution in [0.15, 0.2) is 22.6 Å². The zero-order chi connectivity index (χ0) is 19.8. The number of aryl methyl sites for hydroxylation is 1. The quantitative estimate of drug-likeness (QED) is 0.873. The molecule has 2 aromatic rings. The number of benzene rings is 1. The van der Waals surface area contributed by atoms with Crippen molar-refractivity contribution in [3.8, 4) is 0 Å². The number of carbonyl (C=O) groups is 1. The van der Waals surface area contributed by atoms with E-state index in [0.717, 1.165) is 32.4 Å². The van der Waals surface area contributed by atoms with E-state index in [9.17, 15) is 14.3 Å². The zero-order valence-electron chi connectivity index (χ0n) is 16.4. The third-order valence-corrected chi connectivity index (χ3v) is 6.21. The van der Waals surface area contributed by atoms with E-state index in [1.807, 2.05) is 0 Å². The molecule has 3 atom stereocenters. The highest BCUT2D eigenvalue weighted by molar-refractivity contribution is 5.99. The van der Waals surface area contributed by atoms with Crippen LogP contribution >= 0.6 is 0 Å². The van der Waals surface area contributed by atoms with Crippen LogP contribution in [0.2, 0.25) is 0 Å². The molecule has 0 radical (unpaired) electrons. The molecule has 1 aromatic heterocycles. The smallest absolute Gasteiger partial charge is 0.289 e. The minimum atomic E-state index is -0.622. The van der Waals surface area contributed by atoms with E-state index < -0.39 is 6.10 Å². The van der Waals surface area contributed by atoms with Gasteiger partial charge in [-0.1, -0.05) is 0 Å². The number of carbonyl (C=O) groups excluding carboxylic acids is 1. The standard InChI is InChI=1S/C21H27FN2O4/c1-13-15-12-14(22)6-7-18(15)28-20(13)21(26)23(2)16-4-3-5-17(19(16)25)24-8-10-27-11-9-24/h6-7,12,16-17,19,25H,3-5,8-11H2,1-2H3/t16-,17-,19-/m1/s1. The van der Waals surface area contributed by atoms with Crippen molar-refractivity contribution in [3.05, 3.63) is 35.3 Å². The lowest BCUT2D eigenvalue weighted by Gasteiger charge is -2.45. The van der Waals surface area contributed by atoms with Gasteiger partial charge in [0.1, 0.15) is 11.4 Å². The van der Waals surface area contributed by atoms with Gasteiger partial charge in [0.25, 0.3) is 5.91 Å². The maximum absolute atomic E-state index is 13.6. The topological polar surface area (TPSA) is 66.2 Å². The van der Waals surface area contributed by atoms with Gasteiger partial charge in [-0.3, -0.25) is 9.69 Å². The maximum Gasteiger partial charge on any atom is 0.289 e. The molecule has 1 aliphatic heterocycles. The van der Waals surface area contributed by atoms with Crippen LogP contribution < -0.4 is 0 Å². The molecule has 0 bridgehead atoms. The highest BCUT2D eigenvalue weighted by Gasteiger charge is 2.40. The van der Waals surface area contributed by atoms with Gasteiger partial charge in [0.15, 0.2) is 5.76 Å². The Bertz CT molecular complexity index is 861. The normalized spacial score (nSPS) is 26.5. The molecule has 6 nitrogen and oxygen atoms in total. The van der Waals surface area contributed by atoms with Gasteiger partial charge in [0.05, 0.1) is 25.4 Å². The van der Waals surface area contributed by atoms with E-state index in [4.69, 9.17) is 9.15 Å². The van der Waals surface area contributed by atoms with Crippen molar-refractivity contribution < 1.29 is 23.4 Å². The van der Waals surface area contributed by atoms with Gasteiger partial charge in [0, 0.05) is 37.1 Å². The summed E-state index contributed by atoms with van der Waals surface area (Å²) in [5.41, 5.74) is 1.12. The van der Waals surface area contributed by atoms with Crippen molar-refractivity contribution >= 4 is 16.9 Å². The summed E-state index contributed by atoms with van der Waals surface area (Å²) in [4.78, 5) is 17.0. The van der Waals surface area contributed by atoms with Gasteiger partial charge in [-0.05, 0) is 44.4 Å². The molecule has 1 N–H and O–H groups in total. The molecule has 4 rings (SSSR count). The van der Waals surface area contributed by atoms with Crippen LogP contribution in [0, 0.1) is 12.7 Å². The van der Waals surface area contributed by atoms with Crippen LogP contribution in [0.3, 0.4) is 0 Å². The van der Waals surface area contributed by atoms with Gasteiger partial charge >= 0.3 is 0 Å². The number of amides is 1. The minimum absolute atomic E-state index is 0.0313. The average Bonchev–Trinajstić information content (AvgIpc) is 3.04. The highest BCUT2D eigenvalue weighted by Crippen LogP contribution is 2.31. The molecular formula is C21H27FN2O4. The maximum atomic E-state index is 13.6. The minimum Gasteiger partial charge on any atom is -0.451 e. The largest absolute Gasteiger partial charge is 0.451 e. The van der Waals surface area contributed by atoms with Gasteiger partial charge in [-0.2, -0.15) is 0 Å². The first-order valence-electron chi connectivity index (χ1n) is 9.93. The lowest BCUT2D eigenvalue weighted by Crippen LogP contribution is -2.58. The number of aliphatic hydroxyl groups excluding tert-OH is 1. The molecule has 1 saturated heterocycles. The Morgan fingerprint density at radius 3 is 2.79 bits per heavy atom. The summed E-state index contributed by atoms with van der Waals surface area (Å²) >= 11 is 0. The number of hydrogen-bond donors (Lipinski definition) is 1. The van der Waals surface area contributed by atoms with Crippen LogP contribution in [0.1, 0.15) is 35.4 Å². The molecule has 0 unspecified atom stereocenters. The fourth-order valence-electron chi connectivity index (χ4n) is 4.57. The molecule has 7 heteroatoms. The number of nitrogens with zero attached hydrogens (tertiary/aromatic N) is 2. The van der Waals surface area contributed by atoms with Crippen molar-refractivity contribution in [2.24, 2.45) is 0 Å². The fourth-order valence-corrected chi connectivity index (χ4v) is 4.57. The fraction of sp³-hybridized carbons (Fsp3) is 0.571. The predicted octanol–water partition coefficient (Wildman–Crippen LogP) is 2.57. The average molecular weight is 390 g/mol. The lowest BCUT2D eigenvalue weighted by molar-refractivity contribution is -0.0616. The Balaban J connectivity index is 1.55. The number of morpholine rings is 1. The zero-order valence-corrected chi connectivity index (χ0v) is 16.4. The van der Waals surface area contributed by atoms with E-state index in [2.05, 4.69) is 4.90 Å². The van der Waals surface area contributed by atoms with Gasteiger partial charge < -0.3 is 19.2 Å². The number of ether oxygens (including phenoxy) is 1. The third-order valence-electron chi connectivity index (χ3n) is 6.21. The van der Waals surface area contributed by atoms with Crippen LogP contribution in [0.25, 0.3) is 11.0 Å². The van der Waals surface area contributed by atoms with Crippen molar-refractivity contribution in [2.45, 2.75) is 44.4 Å². The summed E-state index contributed by atoms with van der Waals surface area (Å²) in [5.74, 6) is -0.426. The number of hydrogen-bond acceptors (Lipinski definition) is 5. The third kappa shape index (κ3) is 3.43. The van der Waals surface area contributed by atoms with Crippen molar-refractivity contribution in [2.75, 3.05) is 33.4 Å². The molecule has 2 heterocycles. The second-order valence-corrected chi connectivity index (χ2v) is 7.82. The monoisotopic (exact) mass is 390 g/mol. The lowest BCUT2D eigenvalue weighted by atomic mass is 9.86. The Labute approximate surface area is 163 Å². The molecule has 152 valence electrons. The molecule has 1 saturated carbocycles. The van der Waals surface area contributed by atoms with Crippen LogP contribution in [-0.2, 0) is 4.74 Å². The summed E-state index contributed by atoms with van der Waals surface area (Å²) in [7, 11) is 1.71. The molecule has 2 aliphatic rings. The molecular weight excluding hydrogens is 363 g/mol. The molecule has 2 fully saturated rings. The number of furan rings is 1. The predicted molar refractivity (Wildman–Crippen MR) is 103 cm³/mol. The highest BCUT2D eigenvalue weighted by atomic mass is 19.1. The number of halogens is 1. The van der Waals surface area contributed by atoms with Crippen LogP contribution in [-0.4, -0.2) is 72.4 Å². The number of aliphatic hydroxyl groups is 1. The van der Waals surface area contributed by atoms with Crippen LogP contribution in [0.5, 0.6) is 0 Å². The van der Waals surface area contributed by atoms with Gasteiger partial charge in [-0.15, -0.1) is 0 Å². The summed E-state index contributed by atoms with van der Waals surface area (Å²) < 4.78 is 24.7. The number of likely N-dealkylation sites (N-methyl/N-ethyl adjacent to an activating group) is 1. The number of fused-ring (bicyclic) bond motifs is 1. The first-order valence-corrected chi connectivity index (χ1v) is 9.93. The molecule has 0 spiro atoms. The van der Waals surface area contributed by atoms with E-state index in [1.165, 1.54) is 12.1 Å². The summed E-state index contributed by atoms with van der Waals surface area (Å²) in [6, 6.07) is 4.00. The molecule has 1 aliphatic carbocycles. The first kappa shape index (κ1) is 19.4. The Hall–Kier alpha value is -1.96. The van der Waals surface area contributed by atoms with Gasteiger partial charge in [0.2, 0.25) is 0 Å². The Morgan fingerprint density at radius 2 is 2.04 bits per heavy atom. The van der Waals surface area contributed by atoms with Gasteiger partial charge in [-0.25, -0.2) is 4.39 Å². The second kappa shape index (κ2) is 7.81. The number of rotatable bonds is 3. The Kier molecular flexibility index (Phi) is 5.40. The summed E-state index contributed by atoms with van der Waals surface area (Å²) in [6.45, 7) is 4.73. The molecule has 1 amide bonds. The SMILES string of the molecule is Cc1c(C(=O)N(C)[C@@H]2CCC[C@@H](N3CCOCC3)[C@@H]2O)oc2ccc(F)cc12. The van der Waals surface area contributed by atoms with Crippen molar-refractivity contribution in [1.82, 2.24) is 9.80 Å². The first-order chi connectivity index (χ1) is 13.5. The van der Waals surface area contributed by atoms with Crippen LogP contribution in [0.4, 0.5) is 4.39 Å². The summed E-state index contributed by atoms with van der Waals surface area (Å²) in [5, 5.41) is 11.6. The van der Waals surface area contributed by atoms with E-state index in [0.29, 0.717) is 29.7 Å². The van der Waals surface area contributed by atoms with E-state index in [1.54, 1.807) is 24.9 Å². The Morgan fingerprint density at radius 1 is 1.29 bits per heavy atom. The summed E-state index contributed by atoms with van der Waals surface area (Å²) in [6.07, 6.45) is 2.00. The van der Waals surface area contributed by atoms with Crippen molar-refractivity contribution in [3.63, 3.8) is 0 Å². The van der Waals surface area contributed by atoms with Crippen molar-refractivity contribution in [1.29, 1.82) is 0 Å². The second-order valence-electron chi connectivity index (χ2n) is 7.82. The van der Waals surface area contributed by atoms with E-state index in [-0.39, 0.29) is 29.6 Å². The molecule has 28 heavy (non-hydrogen) atoms.